The van der Waals surface area contributed by atoms with Crippen molar-refractivity contribution in [3.63, 3.8) is 0 Å². The van der Waals surface area contributed by atoms with Gasteiger partial charge in [-0.05, 0) is 43.7 Å². The predicted octanol–water partition coefficient (Wildman–Crippen LogP) is 3.61. The number of nitro groups is 1. The standard InChI is InChI=1S/C26H27N5O5/c27-23-22(24(32)28-26(34)30(23)17-19-11-5-2-6-12-19)29(16-15-18-9-3-1-4-10-18)25(33)20-13-7-8-14-21(20)31(35)36/h2,5-9,11-14H,1,3-4,10,15-17,27H2,(H,28,32,34). The normalized spacial score (nSPS) is 13.2. The van der Waals surface area contributed by atoms with Gasteiger partial charge in [-0.2, -0.15) is 0 Å². The van der Waals surface area contributed by atoms with E-state index < -0.39 is 22.1 Å². The van der Waals surface area contributed by atoms with Crippen molar-refractivity contribution < 1.29 is 9.72 Å². The lowest BCUT2D eigenvalue weighted by molar-refractivity contribution is -0.385. The van der Waals surface area contributed by atoms with E-state index in [9.17, 15) is 24.5 Å². The lowest BCUT2D eigenvalue weighted by Gasteiger charge is -2.25. The van der Waals surface area contributed by atoms with Gasteiger partial charge in [0.05, 0.1) is 11.5 Å². The van der Waals surface area contributed by atoms with Crippen LogP contribution in [0.15, 0.2) is 75.8 Å². The highest BCUT2D eigenvalue weighted by Crippen LogP contribution is 2.27. The molecule has 0 fully saturated rings. The average Bonchev–Trinajstić information content (AvgIpc) is 2.89. The SMILES string of the molecule is Nc1c(N(CCC2=CCCCC2)C(=O)c2ccccc2[N+](=O)[O-])c(=O)[nH]c(=O)n1Cc1ccccc1. The molecule has 3 aromatic rings. The fourth-order valence-electron chi connectivity index (χ4n) is 4.42. The summed E-state index contributed by atoms with van der Waals surface area (Å²) in [4.78, 5) is 53.8. The van der Waals surface area contributed by atoms with Gasteiger partial charge in [-0.25, -0.2) is 4.79 Å². The maximum absolute atomic E-state index is 13.7. The van der Waals surface area contributed by atoms with Crippen LogP contribution < -0.4 is 21.9 Å². The maximum atomic E-state index is 13.7. The average molecular weight is 490 g/mol. The number of hydrogen-bond acceptors (Lipinski definition) is 6. The van der Waals surface area contributed by atoms with Crippen LogP contribution in [0, 0.1) is 10.1 Å². The summed E-state index contributed by atoms with van der Waals surface area (Å²) in [5, 5.41) is 11.6. The lowest BCUT2D eigenvalue weighted by atomic mass is 9.97. The summed E-state index contributed by atoms with van der Waals surface area (Å²) in [5.41, 5.74) is 5.99. The number of rotatable bonds is 8. The second-order valence-corrected chi connectivity index (χ2v) is 8.65. The number of para-hydroxylation sites is 1. The predicted molar refractivity (Wildman–Crippen MR) is 137 cm³/mol. The van der Waals surface area contributed by atoms with Gasteiger partial charge in [-0.15, -0.1) is 0 Å². The van der Waals surface area contributed by atoms with Gasteiger partial charge in [0.25, 0.3) is 17.2 Å². The zero-order valence-electron chi connectivity index (χ0n) is 19.7. The molecule has 10 heteroatoms. The Kier molecular flexibility index (Phi) is 7.43. The van der Waals surface area contributed by atoms with Crippen LogP contribution in [0.4, 0.5) is 17.2 Å². The number of carbonyl (C=O) groups is 1. The van der Waals surface area contributed by atoms with E-state index in [4.69, 9.17) is 5.73 Å². The van der Waals surface area contributed by atoms with Crippen LogP contribution in [0.5, 0.6) is 0 Å². The van der Waals surface area contributed by atoms with Crippen molar-refractivity contribution in [3.05, 3.63) is 108 Å². The van der Waals surface area contributed by atoms with E-state index in [1.54, 1.807) is 0 Å². The Morgan fingerprint density at radius 3 is 2.50 bits per heavy atom. The molecule has 0 bridgehead atoms. The third-order valence-electron chi connectivity index (χ3n) is 6.29. The molecule has 0 saturated heterocycles. The van der Waals surface area contributed by atoms with Crippen LogP contribution in [0.1, 0.15) is 48.0 Å². The molecule has 0 spiro atoms. The van der Waals surface area contributed by atoms with Crippen molar-refractivity contribution in [2.24, 2.45) is 0 Å². The molecule has 1 aliphatic rings. The van der Waals surface area contributed by atoms with Crippen LogP contribution in [0.3, 0.4) is 0 Å². The number of aromatic amines is 1. The number of anilines is 2. The minimum absolute atomic E-state index is 0.0769. The van der Waals surface area contributed by atoms with Gasteiger partial charge in [-0.3, -0.25) is 34.2 Å². The van der Waals surface area contributed by atoms with E-state index in [2.05, 4.69) is 11.1 Å². The zero-order chi connectivity index (χ0) is 25.7. The Balaban J connectivity index is 1.81. The zero-order valence-corrected chi connectivity index (χ0v) is 19.7. The Morgan fingerprint density at radius 2 is 1.81 bits per heavy atom. The molecule has 0 atom stereocenters. The number of allylic oxidation sites excluding steroid dienone is 1. The number of nitro benzene ring substituents is 1. The van der Waals surface area contributed by atoms with Crippen LogP contribution >= 0.6 is 0 Å². The number of nitrogens with one attached hydrogen (secondary N) is 1. The van der Waals surface area contributed by atoms with Crippen molar-refractivity contribution in [2.75, 3.05) is 17.2 Å². The second-order valence-electron chi connectivity index (χ2n) is 8.65. The van der Waals surface area contributed by atoms with Crippen molar-refractivity contribution >= 4 is 23.1 Å². The van der Waals surface area contributed by atoms with Gasteiger partial charge in [0, 0.05) is 12.6 Å². The second kappa shape index (κ2) is 10.9. The Bertz CT molecular complexity index is 1420. The van der Waals surface area contributed by atoms with Crippen molar-refractivity contribution in [1.82, 2.24) is 9.55 Å². The Morgan fingerprint density at radius 1 is 1.08 bits per heavy atom. The molecule has 1 aromatic heterocycles. The van der Waals surface area contributed by atoms with Gasteiger partial charge in [0.15, 0.2) is 5.69 Å². The van der Waals surface area contributed by atoms with Gasteiger partial charge >= 0.3 is 5.69 Å². The summed E-state index contributed by atoms with van der Waals surface area (Å²) in [7, 11) is 0. The topological polar surface area (TPSA) is 144 Å². The molecule has 4 rings (SSSR count). The molecule has 0 aliphatic heterocycles. The quantitative estimate of drug-likeness (QED) is 0.281. The number of nitrogens with two attached hydrogens (primary N) is 1. The van der Waals surface area contributed by atoms with Crippen LogP contribution in [0.25, 0.3) is 0 Å². The number of benzene rings is 2. The highest BCUT2D eigenvalue weighted by atomic mass is 16.6. The number of carbonyl (C=O) groups excluding carboxylic acids is 1. The summed E-state index contributed by atoms with van der Waals surface area (Å²) in [6.45, 7) is 0.154. The molecule has 2 aromatic carbocycles. The maximum Gasteiger partial charge on any atom is 0.330 e. The Hall–Kier alpha value is -4.47. The number of aromatic nitrogens is 2. The number of H-pyrrole nitrogens is 1. The van der Waals surface area contributed by atoms with Crippen LogP contribution in [0.2, 0.25) is 0 Å². The van der Waals surface area contributed by atoms with Crippen molar-refractivity contribution in [2.45, 2.75) is 38.6 Å². The van der Waals surface area contributed by atoms with Gasteiger partial charge in [0.2, 0.25) is 0 Å². The van der Waals surface area contributed by atoms with E-state index in [1.165, 1.54) is 28.8 Å². The third kappa shape index (κ3) is 5.27. The van der Waals surface area contributed by atoms with E-state index in [0.717, 1.165) is 41.7 Å². The molecule has 0 radical (unpaired) electrons. The number of hydrogen-bond donors (Lipinski definition) is 2. The summed E-state index contributed by atoms with van der Waals surface area (Å²) in [6.07, 6.45) is 6.56. The van der Waals surface area contributed by atoms with Crippen LogP contribution in [-0.4, -0.2) is 26.9 Å². The molecule has 186 valence electrons. The largest absolute Gasteiger partial charge is 0.383 e. The highest BCUT2D eigenvalue weighted by Gasteiger charge is 2.29. The summed E-state index contributed by atoms with van der Waals surface area (Å²) in [5.74, 6) is -0.919. The van der Waals surface area contributed by atoms with Gasteiger partial charge in [0.1, 0.15) is 11.4 Å². The number of amides is 1. The summed E-state index contributed by atoms with van der Waals surface area (Å²) >= 11 is 0. The van der Waals surface area contributed by atoms with Crippen LogP contribution in [-0.2, 0) is 6.54 Å². The monoisotopic (exact) mass is 489 g/mol. The summed E-state index contributed by atoms with van der Waals surface area (Å²) < 4.78 is 1.19. The molecular formula is C26H27N5O5. The minimum atomic E-state index is -0.827. The highest BCUT2D eigenvalue weighted by molar-refractivity contribution is 6.09. The van der Waals surface area contributed by atoms with E-state index in [0.29, 0.717) is 6.42 Å². The smallest absolute Gasteiger partial charge is 0.330 e. The lowest BCUT2D eigenvalue weighted by Crippen LogP contribution is -2.42. The first-order chi connectivity index (χ1) is 17.4. The fourth-order valence-corrected chi connectivity index (χ4v) is 4.42. The number of nitrogens with zero attached hydrogens (tertiary/aromatic N) is 3. The summed E-state index contributed by atoms with van der Waals surface area (Å²) in [6, 6.07) is 14.6. The van der Waals surface area contributed by atoms with E-state index in [1.807, 2.05) is 30.3 Å². The molecule has 10 nitrogen and oxygen atoms in total. The van der Waals surface area contributed by atoms with E-state index in [-0.39, 0.29) is 35.8 Å². The molecule has 1 aliphatic carbocycles. The molecule has 3 N–H and O–H groups in total. The van der Waals surface area contributed by atoms with Gasteiger partial charge < -0.3 is 5.73 Å². The Labute approximate surface area is 206 Å². The molecular weight excluding hydrogens is 462 g/mol. The molecule has 1 heterocycles. The van der Waals surface area contributed by atoms with Crippen molar-refractivity contribution in [3.8, 4) is 0 Å². The van der Waals surface area contributed by atoms with E-state index >= 15 is 0 Å². The molecule has 0 saturated carbocycles. The third-order valence-corrected chi connectivity index (χ3v) is 6.29. The van der Waals surface area contributed by atoms with Gasteiger partial charge in [-0.1, -0.05) is 54.1 Å². The molecule has 0 unspecified atom stereocenters. The fraction of sp³-hybridized carbons (Fsp3) is 0.269. The first-order valence-corrected chi connectivity index (χ1v) is 11.8. The van der Waals surface area contributed by atoms with Crippen molar-refractivity contribution in [1.29, 1.82) is 0 Å². The number of nitrogen functional groups attached to an aromatic ring is 1. The molecule has 1 amide bonds. The minimum Gasteiger partial charge on any atom is -0.383 e. The first-order valence-electron chi connectivity index (χ1n) is 11.8. The first kappa shape index (κ1) is 24.6. The molecule has 36 heavy (non-hydrogen) atoms.